The zero-order valence-electron chi connectivity index (χ0n) is 6.05. The quantitative estimate of drug-likeness (QED) is 0.540. The molecule has 4 nitrogen and oxygen atoms in total. The van der Waals surface area contributed by atoms with Gasteiger partial charge in [-0.15, -0.1) is 0 Å². The van der Waals surface area contributed by atoms with Crippen LogP contribution in [0.15, 0.2) is 0 Å². The standard InChI is InChI=1S/C6H11NO3/c1-4-6(2,3-8)7-5(9)10-4/h4,8H,3H2,1-2H3,(H,7,9). The molecule has 0 aliphatic carbocycles. The lowest BCUT2D eigenvalue weighted by Crippen LogP contribution is -2.47. The molecule has 2 atom stereocenters. The van der Waals surface area contributed by atoms with Gasteiger partial charge in [-0.1, -0.05) is 0 Å². The van der Waals surface area contributed by atoms with Crippen LogP contribution < -0.4 is 5.32 Å². The second kappa shape index (κ2) is 2.12. The van der Waals surface area contributed by atoms with Crippen molar-refractivity contribution in [1.29, 1.82) is 0 Å². The van der Waals surface area contributed by atoms with Gasteiger partial charge in [0.15, 0.2) is 0 Å². The van der Waals surface area contributed by atoms with Gasteiger partial charge in [-0.3, -0.25) is 0 Å². The van der Waals surface area contributed by atoms with Crippen LogP contribution in [0.3, 0.4) is 0 Å². The lowest BCUT2D eigenvalue weighted by atomic mass is 9.99. The number of carbonyl (C=O) groups excluding carboxylic acids is 1. The SMILES string of the molecule is CC1OC(=O)NC1(C)CO. The fourth-order valence-electron chi connectivity index (χ4n) is 0.823. The second-order valence-electron chi connectivity index (χ2n) is 2.75. The number of nitrogens with one attached hydrogen (secondary N) is 1. The van der Waals surface area contributed by atoms with E-state index in [-0.39, 0.29) is 12.7 Å². The van der Waals surface area contributed by atoms with E-state index in [1.807, 2.05) is 0 Å². The van der Waals surface area contributed by atoms with Crippen molar-refractivity contribution in [3.8, 4) is 0 Å². The molecule has 0 aromatic rings. The maximum Gasteiger partial charge on any atom is 0.408 e. The van der Waals surface area contributed by atoms with E-state index in [2.05, 4.69) is 5.32 Å². The third-order valence-corrected chi connectivity index (χ3v) is 1.90. The van der Waals surface area contributed by atoms with E-state index < -0.39 is 11.6 Å². The Morgan fingerprint density at radius 3 is 2.70 bits per heavy atom. The first-order valence-electron chi connectivity index (χ1n) is 3.18. The molecular formula is C6H11NO3. The van der Waals surface area contributed by atoms with Crippen LogP contribution in [-0.4, -0.2) is 29.4 Å². The van der Waals surface area contributed by atoms with Crippen LogP contribution >= 0.6 is 0 Å². The molecule has 0 spiro atoms. The van der Waals surface area contributed by atoms with Crippen LogP contribution in [-0.2, 0) is 4.74 Å². The summed E-state index contributed by atoms with van der Waals surface area (Å²) in [6.45, 7) is 3.39. The second-order valence-corrected chi connectivity index (χ2v) is 2.75. The van der Waals surface area contributed by atoms with Gasteiger partial charge in [0.25, 0.3) is 0 Å². The predicted octanol–water partition coefficient (Wildman–Crippen LogP) is -0.134. The molecule has 1 amide bonds. The molecule has 0 aromatic heterocycles. The monoisotopic (exact) mass is 145 g/mol. The molecule has 1 aliphatic heterocycles. The van der Waals surface area contributed by atoms with Crippen molar-refractivity contribution in [2.75, 3.05) is 6.61 Å². The summed E-state index contributed by atoms with van der Waals surface area (Å²) in [5.41, 5.74) is -0.600. The average Bonchev–Trinajstić information content (AvgIpc) is 2.09. The van der Waals surface area contributed by atoms with E-state index in [4.69, 9.17) is 9.84 Å². The predicted molar refractivity (Wildman–Crippen MR) is 34.6 cm³/mol. The number of hydrogen-bond donors (Lipinski definition) is 2. The van der Waals surface area contributed by atoms with Crippen molar-refractivity contribution in [1.82, 2.24) is 5.32 Å². The summed E-state index contributed by atoms with van der Waals surface area (Å²) >= 11 is 0. The Hall–Kier alpha value is -0.770. The summed E-state index contributed by atoms with van der Waals surface area (Å²) in [6.07, 6.45) is -0.714. The largest absolute Gasteiger partial charge is 0.444 e. The third-order valence-electron chi connectivity index (χ3n) is 1.90. The van der Waals surface area contributed by atoms with Gasteiger partial charge in [-0.25, -0.2) is 4.79 Å². The first kappa shape index (κ1) is 7.34. The minimum Gasteiger partial charge on any atom is -0.444 e. The van der Waals surface area contributed by atoms with Gasteiger partial charge in [0, 0.05) is 0 Å². The Balaban J connectivity index is 2.70. The number of alkyl carbamates (subject to hydrolysis) is 1. The van der Waals surface area contributed by atoms with E-state index >= 15 is 0 Å². The molecule has 0 saturated carbocycles. The van der Waals surface area contributed by atoms with Crippen molar-refractivity contribution in [2.24, 2.45) is 0 Å². The van der Waals surface area contributed by atoms with Crippen LogP contribution in [0.25, 0.3) is 0 Å². The highest BCUT2D eigenvalue weighted by Crippen LogP contribution is 2.18. The molecule has 0 radical (unpaired) electrons. The summed E-state index contributed by atoms with van der Waals surface area (Å²) in [6, 6.07) is 0. The normalized spacial score (nSPS) is 39.1. The van der Waals surface area contributed by atoms with E-state index in [0.717, 1.165) is 0 Å². The van der Waals surface area contributed by atoms with E-state index in [9.17, 15) is 4.79 Å². The molecule has 0 aromatic carbocycles. The molecule has 1 fully saturated rings. The zero-order valence-corrected chi connectivity index (χ0v) is 6.05. The lowest BCUT2D eigenvalue weighted by Gasteiger charge is -2.22. The zero-order chi connectivity index (χ0) is 7.78. The number of rotatable bonds is 1. The smallest absolute Gasteiger partial charge is 0.408 e. The Kier molecular flexibility index (Phi) is 1.56. The summed E-state index contributed by atoms with van der Waals surface area (Å²) in [5.74, 6) is 0. The first-order chi connectivity index (χ1) is 4.58. The minimum absolute atomic E-state index is 0.0973. The van der Waals surface area contributed by atoms with Crippen molar-refractivity contribution in [3.05, 3.63) is 0 Å². The van der Waals surface area contributed by atoms with Gasteiger partial charge in [0.05, 0.1) is 6.61 Å². The van der Waals surface area contributed by atoms with Gasteiger partial charge in [-0.2, -0.15) is 0 Å². The molecule has 1 rings (SSSR count). The molecule has 2 N–H and O–H groups in total. The Bertz CT molecular complexity index is 159. The topological polar surface area (TPSA) is 58.6 Å². The number of hydrogen-bond acceptors (Lipinski definition) is 3. The van der Waals surface area contributed by atoms with Gasteiger partial charge < -0.3 is 15.2 Å². The molecule has 2 unspecified atom stereocenters. The number of aliphatic hydroxyl groups is 1. The highest BCUT2D eigenvalue weighted by atomic mass is 16.6. The third kappa shape index (κ3) is 0.945. The van der Waals surface area contributed by atoms with E-state index in [1.54, 1.807) is 13.8 Å². The van der Waals surface area contributed by atoms with Crippen molar-refractivity contribution >= 4 is 6.09 Å². The number of aliphatic hydroxyl groups excluding tert-OH is 1. The van der Waals surface area contributed by atoms with Crippen LogP contribution in [0.5, 0.6) is 0 Å². The van der Waals surface area contributed by atoms with Crippen LogP contribution in [0.2, 0.25) is 0 Å². The van der Waals surface area contributed by atoms with Crippen molar-refractivity contribution in [2.45, 2.75) is 25.5 Å². The molecule has 0 bridgehead atoms. The molecular weight excluding hydrogens is 134 g/mol. The summed E-state index contributed by atoms with van der Waals surface area (Å²) in [5, 5.41) is 11.3. The van der Waals surface area contributed by atoms with Crippen LogP contribution in [0.1, 0.15) is 13.8 Å². The maximum absolute atomic E-state index is 10.6. The first-order valence-corrected chi connectivity index (χ1v) is 3.18. The molecule has 58 valence electrons. The van der Waals surface area contributed by atoms with Gasteiger partial charge >= 0.3 is 6.09 Å². The van der Waals surface area contributed by atoms with Crippen molar-refractivity contribution < 1.29 is 14.6 Å². The molecule has 4 heteroatoms. The van der Waals surface area contributed by atoms with Crippen molar-refractivity contribution in [3.63, 3.8) is 0 Å². The number of carbonyl (C=O) groups is 1. The summed E-state index contributed by atoms with van der Waals surface area (Å²) in [7, 11) is 0. The number of amides is 1. The fourth-order valence-corrected chi connectivity index (χ4v) is 0.823. The Morgan fingerprint density at radius 2 is 2.50 bits per heavy atom. The fraction of sp³-hybridized carbons (Fsp3) is 0.833. The van der Waals surface area contributed by atoms with Gasteiger partial charge in [0.1, 0.15) is 11.6 Å². The maximum atomic E-state index is 10.6. The lowest BCUT2D eigenvalue weighted by molar-refractivity contribution is 0.0954. The molecule has 10 heavy (non-hydrogen) atoms. The van der Waals surface area contributed by atoms with E-state index in [0.29, 0.717) is 0 Å². The summed E-state index contributed by atoms with van der Waals surface area (Å²) < 4.78 is 4.76. The Labute approximate surface area is 59.2 Å². The number of ether oxygens (including phenoxy) is 1. The van der Waals surface area contributed by atoms with Gasteiger partial charge in [-0.05, 0) is 13.8 Å². The minimum atomic E-state index is -0.600. The van der Waals surface area contributed by atoms with Crippen LogP contribution in [0, 0.1) is 0 Å². The molecule has 1 saturated heterocycles. The highest BCUT2D eigenvalue weighted by Gasteiger charge is 2.41. The summed E-state index contributed by atoms with van der Waals surface area (Å²) in [4.78, 5) is 10.6. The van der Waals surface area contributed by atoms with E-state index in [1.165, 1.54) is 0 Å². The molecule has 1 heterocycles. The molecule has 1 aliphatic rings. The average molecular weight is 145 g/mol. The number of cyclic esters (lactones) is 1. The van der Waals surface area contributed by atoms with Gasteiger partial charge in [0.2, 0.25) is 0 Å². The highest BCUT2D eigenvalue weighted by molar-refractivity contribution is 5.71. The Morgan fingerprint density at radius 1 is 1.90 bits per heavy atom. The van der Waals surface area contributed by atoms with Crippen LogP contribution in [0.4, 0.5) is 4.79 Å².